The second kappa shape index (κ2) is 7.49. The Bertz CT molecular complexity index is 578. The van der Waals surface area contributed by atoms with Gasteiger partial charge in [0, 0.05) is 6.54 Å². The fraction of sp³-hybridized carbons (Fsp3) is 0.556. The molecule has 2 N–H and O–H groups in total. The number of carboxylic acids is 1. The van der Waals surface area contributed by atoms with Crippen molar-refractivity contribution in [1.82, 2.24) is 5.32 Å². The normalized spacial score (nSPS) is 12.8. The zero-order chi connectivity index (χ0) is 17.8. The van der Waals surface area contributed by atoms with Crippen molar-refractivity contribution < 1.29 is 19.4 Å². The van der Waals surface area contributed by atoms with Crippen molar-refractivity contribution in [3.05, 3.63) is 29.3 Å². The van der Waals surface area contributed by atoms with E-state index in [4.69, 9.17) is 9.84 Å². The van der Waals surface area contributed by atoms with Crippen molar-refractivity contribution >= 4 is 11.9 Å². The van der Waals surface area contributed by atoms with Gasteiger partial charge in [-0.1, -0.05) is 26.0 Å². The van der Waals surface area contributed by atoms with Gasteiger partial charge in [0.25, 0.3) is 5.91 Å². The zero-order valence-corrected chi connectivity index (χ0v) is 14.8. The number of carbonyl (C=O) groups is 2. The maximum Gasteiger partial charge on any atom is 0.310 e. The topological polar surface area (TPSA) is 75.6 Å². The summed E-state index contributed by atoms with van der Waals surface area (Å²) in [5, 5.41) is 11.7. The highest BCUT2D eigenvalue weighted by Crippen LogP contribution is 2.28. The molecule has 0 saturated carbocycles. The van der Waals surface area contributed by atoms with Crippen LogP contribution in [0.4, 0.5) is 0 Å². The molecule has 0 aliphatic carbocycles. The summed E-state index contributed by atoms with van der Waals surface area (Å²) in [5.41, 5.74) is 1.09. The molecule has 0 aromatic heterocycles. The molecule has 1 rings (SSSR count). The summed E-state index contributed by atoms with van der Waals surface area (Å²) < 4.78 is 5.82. The number of nitrogens with one attached hydrogen (secondary N) is 1. The van der Waals surface area contributed by atoms with E-state index >= 15 is 0 Å². The summed E-state index contributed by atoms with van der Waals surface area (Å²) >= 11 is 0. The molecule has 0 bridgehead atoms. The van der Waals surface area contributed by atoms with Crippen molar-refractivity contribution in [1.29, 1.82) is 0 Å². The van der Waals surface area contributed by atoms with E-state index in [1.165, 1.54) is 0 Å². The minimum absolute atomic E-state index is 0.0553. The Morgan fingerprint density at radius 2 is 1.87 bits per heavy atom. The number of carboxylic acid groups (broad SMARTS) is 1. The summed E-state index contributed by atoms with van der Waals surface area (Å²) in [5.74, 6) is -0.297. The highest BCUT2D eigenvalue weighted by atomic mass is 16.5. The van der Waals surface area contributed by atoms with Crippen LogP contribution < -0.4 is 10.1 Å². The Kier molecular flexibility index (Phi) is 6.19. The van der Waals surface area contributed by atoms with Gasteiger partial charge in [-0.3, -0.25) is 9.59 Å². The van der Waals surface area contributed by atoms with Crippen LogP contribution in [0, 0.1) is 12.3 Å². The monoisotopic (exact) mass is 321 g/mol. The lowest BCUT2D eigenvalue weighted by Crippen LogP contribution is -2.43. The van der Waals surface area contributed by atoms with E-state index in [9.17, 15) is 9.59 Å². The highest BCUT2D eigenvalue weighted by Gasteiger charge is 2.28. The average molecular weight is 321 g/mol. The number of aryl methyl sites for hydroxylation is 1. The molecule has 0 aliphatic heterocycles. The third-order valence-corrected chi connectivity index (χ3v) is 3.75. The SMILES string of the molecule is Cc1ccc(C(C)C)c(OC(C)C(=O)NCC(C)(C)C(=O)O)c1. The number of amides is 1. The fourth-order valence-corrected chi connectivity index (χ4v) is 1.99. The van der Waals surface area contributed by atoms with Crippen LogP contribution in [-0.4, -0.2) is 29.6 Å². The van der Waals surface area contributed by atoms with Crippen LogP contribution in [0.25, 0.3) is 0 Å². The van der Waals surface area contributed by atoms with Gasteiger partial charge in [0.15, 0.2) is 6.10 Å². The lowest BCUT2D eigenvalue weighted by atomic mass is 9.94. The Morgan fingerprint density at radius 1 is 1.26 bits per heavy atom. The van der Waals surface area contributed by atoms with Crippen molar-refractivity contribution in [2.45, 2.75) is 53.6 Å². The molecule has 0 aliphatic rings. The van der Waals surface area contributed by atoms with Gasteiger partial charge < -0.3 is 15.2 Å². The van der Waals surface area contributed by atoms with Crippen molar-refractivity contribution in [3.8, 4) is 5.75 Å². The van der Waals surface area contributed by atoms with Crippen molar-refractivity contribution in [2.24, 2.45) is 5.41 Å². The van der Waals surface area contributed by atoms with E-state index in [-0.39, 0.29) is 18.4 Å². The Hall–Kier alpha value is -2.04. The van der Waals surface area contributed by atoms with Crippen LogP contribution in [-0.2, 0) is 9.59 Å². The van der Waals surface area contributed by atoms with Crippen molar-refractivity contribution in [3.63, 3.8) is 0 Å². The van der Waals surface area contributed by atoms with Crippen LogP contribution in [0.3, 0.4) is 0 Å². The summed E-state index contributed by atoms with van der Waals surface area (Å²) in [6, 6.07) is 5.94. The van der Waals surface area contributed by atoms with E-state index in [0.717, 1.165) is 11.1 Å². The maximum atomic E-state index is 12.2. The van der Waals surface area contributed by atoms with E-state index in [2.05, 4.69) is 19.2 Å². The Morgan fingerprint density at radius 3 is 2.39 bits per heavy atom. The highest BCUT2D eigenvalue weighted by molar-refractivity contribution is 5.82. The van der Waals surface area contributed by atoms with E-state index in [1.54, 1.807) is 20.8 Å². The van der Waals surface area contributed by atoms with Crippen LogP contribution in [0.1, 0.15) is 51.7 Å². The molecule has 5 heteroatoms. The summed E-state index contributed by atoms with van der Waals surface area (Å²) in [6.45, 7) is 11.0. The first-order valence-electron chi connectivity index (χ1n) is 7.83. The molecule has 5 nitrogen and oxygen atoms in total. The molecule has 0 fully saturated rings. The Balaban J connectivity index is 2.76. The second-order valence-corrected chi connectivity index (χ2v) is 6.86. The van der Waals surface area contributed by atoms with E-state index in [1.807, 2.05) is 25.1 Å². The third-order valence-electron chi connectivity index (χ3n) is 3.75. The minimum atomic E-state index is -1.01. The van der Waals surface area contributed by atoms with Crippen LogP contribution in [0.15, 0.2) is 18.2 Å². The molecule has 0 spiro atoms. The first-order chi connectivity index (χ1) is 10.5. The molecule has 1 atom stereocenters. The van der Waals surface area contributed by atoms with Crippen LogP contribution in [0.5, 0.6) is 5.75 Å². The molecule has 1 aromatic rings. The molecule has 23 heavy (non-hydrogen) atoms. The van der Waals surface area contributed by atoms with Gasteiger partial charge >= 0.3 is 5.97 Å². The van der Waals surface area contributed by atoms with Gasteiger partial charge in [-0.15, -0.1) is 0 Å². The van der Waals surface area contributed by atoms with Gasteiger partial charge in [-0.05, 0) is 50.8 Å². The van der Waals surface area contributed by atoms with Gasteiger partial charge in [0.1, 0.15) is 5.75 Å². The standard InChI is InChI=1S/C18H27NO4/c1-11(2)14-8-7-12(3)9-15(14)23-13(4)16(20)19-10-18(5,6)17(21)22/h7-9,11,13H,10H2,1-6H3,(H,19,20)(H,21,22). The lowest BCUT2D eigenvalue weighted by Gasteiger charge is -2.22. The Labute approximate surface area is 138 Å². The number of aliphatic carboxylic acids is 1. The van der Waals surface area contributed by atoms with Gasteiger partial charge in [0.2, 0.25) is 0 Å². The molecule has 128 valence electrons. The van der Waals surface area contributed by atoms with E-state index in [0.29, 0.717) is 5.75 Å². The van der Waals surface area contributed by atoms with E-state index < -0.39 is 17.5 Å². The summed E-state index contributed by atoms with van der Waals surface area (Å²) in [6.07, 6.45) is -0.695. The molecular weight excluding hydrogens is 294 g/mol. The average Bonchev–Trinajstić information content (AvgIpc) is 2.44. The van der Waals surface area contributed by atoms with Gasteiger partial charge in [-0.25, -0.2) is 0 Å². The predicted octanol–water partition coefficient (Wildman–Crippen LogP) is 3.11. The third kappa shape index (κ3) is 5.27. The molecule has 0 saturated heterocycles. The molecule has 1 amide bonds. The number of benzene rings is 1. The molecule has 1 aromatic carbocycles. The number of hydrogen-bond donors (Lipinski definition) is 2. The van der Waals surface area contributed by atoms with Crippen molar-refractivity contribution in [2.75, 3.05) is 6.54 Å². The minimum Gasteiger partial charge on any atom is -0.481 e. The van der Waals surface area contributed by atoms with Crippen LogP contribution in [0.2, 0.25) is 0 Å². The first kappa shape index (κ1) is 19.0. The van der Waals surface area contributed by atoms with Crippen LogP contribution >= 0.6 is 0 Å². The number of hydrogen-bond acceptors (Lipinski definition) is 3. The summed E-state index contributed by atoms with van der Waals surface area (Å²) in [4.78, 5) is 23.2. The molecule has 0 heterocycles. The number of ether oxygens (including phenoxy) is 1. The number of carbonyl (C=O) groups excluding carboxylic acids is 1. The number of rotatable bonds is 7. The molecule has 0 radical (unpaired) electrons. The molecular formula is C18H27NO4. The van der Waals surface area contributed by atoms with Gasteiger partial charge in [-0.2, -0.15) is 0 Å². The predicted molar refractivity (Wildman–Crippen MR) is 89.8 cm³/mol. The van der Waals surface area contributed by atoms with Gasteiger partial charge in [0.05, 0.1) is 5.41 Å². The second-order valence-electron chi connectivity index (χ2n) is 6.86. The quantitative estimate of drug-likeness (QED) is 0.809. The largest absolute Gasteiger partial charge is 0.481 e. The maximum absolute atomic E-state index is 12.2. The fourth-order valence-electron chi connectivity index (χ4n) is 1.99. The summed E-state index contributed by atoms with van der Waals surface area (Å²) in [7, 11) is 0. The first-order valence-corrected chi connectivity index (χ1v) is 7.83. The zero-order valence-electron chi connectivity index (χ0n) is 14.8. The molecule has 1 unspecified atom stereocenters. The lowest BCUT2D eigenvalue weighted by molar-refractivity contribution is -0.147. The smallest absolute Gasteiger partial charge is 0.310 e.